The third-order valence-electron chi connectivity index (χ3n) is 10.5. The summed E-state index contributed by atoms with van der Waals surface area (Å²) >= 11 is 0. The fraction of sp³-hybridized carbons (Fsp3) is 0.542. The lowest BCUT2D eigenvalue weighted by Crippen LogP contribution is -2.14. The van der Waals surface area contributed by atoms with Crippen molar-refractivity contribution >= 4 is 41.3 Å². The Morgan fingerprint density at radius 3 is 1.84 bits per heavy atom. The summed E-state index contributed by atoms with van der Waals surface area (Å²) in [7, 11) is 1.63. The number of aromatic nitrogens is 1. The molecule has 0 atom stereocenters. The number of allylic oxidation sites excluding steroid dienone is 4. The van der Waals surface area contributed by atoms with E-state index < -0.39 is 0 Å². The van der Waals surface area contributed by atoms with Crippen LogP contribution in [0, 0.1) is 6.92 Å². The lowest BCUT2D eigenvalue weighted by Gasteiger charge is -2.15. The van der Waals surface area contributed by atoms with Crippen molar-refractivity contribution in [3.05, 3.63) is 75.3 Å². The summed E-state index contributed by atoms with van der Waals surface area (Å²) in [5, 5.41) is 28.2. The molecule has 4 N–H and O–H groups in total. The minimum Gasteiger partial charge on any atom is -0.487 e. The minimum absolute atomic E-state index is 0.0440. The highest BCUT2D eigenvalue weighted by molar-refractivity contribution is 6.39. The number of rotatable bonds is 33. The van der Waals surface area contributed by atoms with Gasteiger partial charge in [0.05, 0.1) is 119 Å². The zero-order valence-corrected chi connectivity index (χ0v) is 38.0. The molecule has 3 heterocycles. The van der Waals surface area contributed by atoms with Crippen LogP contribution in [0.3, 0.4) is 0 Å². The average Bonchev–Trinajstić information content (AvgIpc) is 3.93. The molecule has 2 aliphatic heterocycles. The summed E-state index contributed by atoms with van der Waals surface area (Å²) in [4.78, 5) is 23.2. The van der Waals surface area contributed by atoms with Crippen molar-refractivity contribution in [3.8, 4) is 11.5 Å². The fourth-order valence-electron chi connectivity index (χ4n) is 7.10. The predicted octanol–water partition coefficient (Wildman–Crippen LogP) is 6.81. The topological polar surface area (TPSA) is 191 Å². The van der Waals surface area contributed by atoms with Gasteiger partial charge < -0.3 is 53.5 Å². The first kappa shape index (κ1) is 51.1. The number of nitrogens with one attached hydrogen (secondary N) is 1. The number of methoxy groups -OCH3 is 1. The fourth-order valence-corrected chi connectivity index (χ4v) is 7.10. The normalized spacial score (nSPS) is 15.0. The molecule has 346 valence electrons. The van der Waals surface area contributed by atoms with Gasteiger partial charge in [0.1, 0.15) is 13.2 Å². The molecule has 0 unspecified atom stereocenters. The van der Waals surface area contributed by atoms with Gasteiger partial charge in [-0.15, -0.1) is 0 Å². The van der Waals surface area contributed by atoms with Crippen molar-refractivity contribution in [1.82, 2.24) is 4.98 Å². The van der Waals surface area contributed by atoms with E-state index in [1.165, 1.54) is 16.7 Å². The predicted molar refractivity (Wildman–Crippen MR) is 251 cm³/mol. The number of H-pyrrole nitrogens is 1. The van der Waals surface area contributed by atoms with E-state index in [1.807, 2.05) is 19.1 Å². The van der Waals surface area contributed by atoms with Crippen LogP contribution in [0.4, 0.5) is 11.4 Å². The largest absolute Gasteiger partial charge is 0.487 e. The van der Waals surface area contributed by atoms with Crippen molar-refractivity contribution in [1.29, 1.82) is 0 Å². The zero-order chi connectivity index (χ0) is 45.2. The summed E-state index contributed by atoms with van der Waals surface area (Å²) in [6.45, 7) is 17.0. The Bertz CT molecular complexity index is 1980. The van der Waals surface area contributed by atoms with Gasteiger partial charge in [0.2, 0.25) is 0 Å². The second-order valence-corrected chi connectivity index (χ2v) is 14.7. The molecule has 1 aromatic heterocycles. The first-order chi connectivity index (χ1) is 30.8. The van der Waals surface area contributed by atoms with Gasteiger partial charge in [0.15, 0.2) is 11.5 Å². The SMILES string of the molecule is C=CC1=N/C(=C\c2[nH]c(C=Nc3cc(OCCOCCOCCOC)c(OCCOCCOCCO)cc3N=CC3=NCC(CCCO)=C3C)c(C)c2CCCO)C(CC)=C1CC. The quantitative estimate of drug-likeness (QED) is 0.0438. The van der Waals surface area contributed by atoms with Gasteiger partial charge in [-0.1, -0.05) is 20.4 Å². The Morgan fingerprint density at radius 2 is 1.27 bits per heavy atom. The standard InChI is InChI=1S/C48H69N5O10/c1-7-37-38(8-2)41(52-40(37)9-3)28-42-39(13-11-15-55)35(5)46(53-42)33-51-44-30-48(63-27-25-61-23-22-59-19-18-57-6)47(62-26-24-60-21-20-58-17-16-56)29-43(44)50-32-45-34(4)36(31-49-45)12-10-14-54/h9,28-30,32-33,53-56H,3,7-8,10-27,31H2,1-2,4-6H3/b41-28-,50-32?,51-33?. The van der Waals surface area contributed by atoms with E-state index in [2.05, 4.69) is 38.4 Å². The molecule has 15 nitrogen and oxygen atoms in total. The van der Waals surface area contributed by atoms with Gasteiger partial charge in [0.25, 0.3) is 0 Å². The van der Waals surface area contributed by atoms with Crippen LogP contribution < -0.4 is 9.47 Å². The second-order valence-electron chi connectivity index (χ2n) is 14.7. The number of hydrogen-bond acceptors (Lipinski definition) is 14. The summed E-state index contributed by atoms with van der Waals surface area (Å²) in [5.41, 5.74) is 12.1. The molecule has 0 bridgehead atoms. The number of aliphatic hydroxyl groups excluding tert-OH is 3. The van der Waals surface area contributed by atoms with E-state index in [4.69, 9.17) is 58.2 Å². The summed E-state index contributed by atoms with van der Waals surface area (Å²) in [5.74, 6) is 0.903. The highest BCUT2D eigenvalue weighted by Crippen LogP contribution is 2.41. The number of ether oxygens (including phenoxy) is 7. The van der Waals surface area contributed by atoms with Crippen molar-refractivity contribution < 1.29 is 48.5 Å². The molecule has 15 heteroatoms. The van der Waals surface area contributed by atoms with Gasteiger partial charge in [-0.2, -0.15) is 0 Å². The van der Waals surface area contributed by atoms with Crippen LogP contribution in [-0.2, 0) is 30.1 Å². The van der Waals surface area contributed by atoms with Gasteiger partial charge in [0, 0.05) is 38.2 Å². The maximum Gasteiger partial charge on any atom is 0.163 e. The number of hydrogen-bond donors (Lipinski definition) is 4. The molecule has 0 aliphatic carbocycles. The molecule has 1 aromatic carbocycles. The van der Waals surface area contributed by atoms with Crippen LogP contribution >= 0.6 is 0 Å². The molecule has 2 aliphatic rings. The number of benzene rings is 1. The third-order valence-corrected chi connectivity index (χ3v) is 10.5. The van der Waals surface area contributed by atoms with Crippen LogP contribution in [0.2, 0.25) is 0 Å². The number of nitrogens with zero attached hydrogens (tertiary/aromatic N) is 4. The number of aliphatic imine (C=N–C) groups is 4. The van der Waals surface area contributed by atoms with E-state index in [9.17, 15) is 10.2 Å². The van der Waals surface area contributed by atoms with Crippen LogP contribution in [0.1, 0.15) is 75.4 Å². The van der Waals surface area contributed by atoms with E-state index >= 15 is 0 Å². The Kier molecular flexibility index (Phi) is 23.5. The number of aliphatic hydroxyl groups is 3. The molecular formula is C48H69N5O10. The maximum absolute atomic E-state index is 9.82. The highest BCUT2D eigenvalue weighted by Gasteiger charge is 2.22. The van der Waals surface area contributed by atoms with Crippen molar-refractivity contribution in [2.45, 2.75) is 66.2 Å². The molecule has 0 amide bonds. The molecule has 0 fully saturated rings. The Balaban J connectivity index is 1.72. The zero-order valence-electron chi connectivity index (χ0n) is 38.0. The van der Waals surface area contributed by atoms with Gasteiger partial charge in [-0.05, 0) is 97.9 Å². The first-order valence-electron chi connectivity index (χ1n) is 22.1. The van der Waals surface area contributed by atoms with Crippen LogP contribution in [0.15, 0.2) is 72.7 Å². The number of aromatic amines is 1. The minimum atomic E-state index is -0.0440. The summed E-state index contributed by atoms with van der Waals surface area (Å²) < 4.78 is 39.8. The molecule has 0 saturated carbocycles. The van der Waals surface area contributed by atoms with Crippen LogP contribution in [0.25, 0.3) is 6.08 Å². The highest BCUT2D eigenvalue weighted by atomic mass is 16.6. The van der Waals surface area contributed by atoms with E-state index in [1.54, 1.807) is 25.6 Å². The smallest absolute Gasteiger partial charge is 0.163 e. The van der Waals surface area contributed by atoms with E-state index in [0.29, 0.717) is 102 Å². The lowest BCUT2D eigenvalue weighted by atomic mass is 9.98. The van der Waals surface area contributed by atoms with Gasteiger partial charge in [-0.25, -0.2) is 4.99 Å². The maximum atomic E-state index is 9.82. The summed E-state index contributed by atoms with van der Waals surface area (Å²) in [6, 6.07) is 3.61. The molecular weight excluding hydrogens is 807 g/mol. The van der Waals surface area contributed by atoms with E-state index in [-0.39, 0.29) is 39.6 Å². The molecule has 0 saturated heterocycles. The lowest BCUT2D eigenvalue weighted by molar-refractivity contribution is 0.0172. The first-order valence-corrected chi connectivity index (χ1v) is 22.1. The third kappa shape index (κ3) is 15.9. The van der Waals surface area contributed by atoms with Crippen LogP contribution in [0.5, 0.6) is 11.5 Å². The van der Waals surface area contributed by atoms with Gasteiger partial charge >= 0.3 is 0 Å². The molecule has 63 heavy (non-hydrogen) atoms. The average molecular weight is 876 g/mol. The van der Waals surface area contributed by atoms with Crippen molar-refractivity contribution in [3.63, 3.8) is 0 Å². The van der Waals surface area contributed by atoms with Crippen molar-refractivity contribution in [2.24, 2.45) is 20.0 Å². The Morgan fingerprint density at radius 1 is 0.698 bits per heavy atom. The Hall–Kier alpha value is -4.58. The van der Waals surface area contributed by atoms with Crippen molar-refractivity contribution in [2.75, 3.05) is 106 Å². The Labute approximate surface area is 373 Å². The van der Waals surface area contributed by atoms with E-state index in [0.717, 1.165) is 64.5 Å². The molecule has 0 spiro atoms. The molecule has 4 rings (SSSR count). The monoisotopic (exact) mass is 876 g/mol. The van der Waals surface area contributed by atoms with Gasteiger partial charge in [-0.3, -0.25) is 15.0 Å². The molecule has 0 radical (unpaired) electrons. The summed E-state index contributed by atoms with van der Waals surface area (Å²) in [6.07, 6.45) is 11.9. The molecule has 2 aromatic rings. The van der Waals surface area contributed by atoms with Crippen LogP contribution in [-0.4, -0.2) is 150 Å². The second kappa shape index (κ2) is 29.0.